The number of hydrogen-bond acceptors (Lipinski definition) is 3. The summed E-state index contributed by atoms with van der Waals surface area (Å²) >= 11 is 0. The van der Waals surface area contributed by atoms with Crippen molar-refractivity contribution in [1.29, 1.82) is 0 Å². The molecule has 0 bridgehead atoms. The number of rotatable bonds is 2. The van der Waals surface area contributed by atoms with Crippen LogP contribution in [-0.2, 0) is 0 Å². The first kappa shape index (κ1) is 11.8. The van der Waals surface area contributed by atoms with Gasteiger partial charge in [-0.1, -0.05) is 43.7 Å². The number of nitrogens with zero attached hydrogens (tertiary/aromatic N) is 4. The zero-order valence-electron chi connectivity index (χ0n) is 11.3. The average Bonchev–Trinajstić information content (AvgIpc) is 2.87. The van der Waals surface area contributed by atoms with E-state index in [0.717, 1.165) is 11.5 Å². The van der Waals surface area contributed by atoms with Crippen molar-refractivity contribution in [3.05, 3.63) is 47.8 Å². The van der Waals surface area contributed by atoms with Crippen molar-refractivity contribution in [2.24, 2.45) is 0 Å². The Labute approximate surface area is 112 Å². The summed E-state index contributed by atoms with van der Waals surface area (Å²) in [4.78, 5) is 1.59. The molecule has 0 saturated heterocycles. The molecular weight excluding hydrogens is 236 g/mol. The molecule has 0 saturated carbocycles. The molecule has 0 radical (unpaired) electrons. The Morgan fingerprint density at radius 3 is 2.53 bits per heavy atom. The Morgan fingerprint density at radius 2 is 1.79 bits per heavy atom. The van der Waals surface area contributed by atoms with Crippen LogP contribution < -0.4 is 0 Å². The molecule has 0 aliphatic rings. The highest BCUT2D eigenvalue weighted by Gasteiger charge is 2.08. The lowest BCUT2D eigenvalue weighted by molar-refractivity contribution is 0.712. The summed E-state index contributed by atoms with van der Waals surface area (Å²) in [5.74, 6) is 1.06. The molecule has 0 unspecified atom stereocenters. The molecule has 3 aromatic rings. The van der Waals surface area contributed by atoms with Crippen LogP contribution in [0.25, 0.3) is 16.5 Å². The van der Waals surface area contributed by atoms with Crippen LogP contribution in [0.15, 0.2) is 36.4 Å². The Balaban J connectivity index is 2.08. The van der Waals surface area contributed by atoms with Gasteiger partial charge in [0.2, 0.25) is 0 Å². The zero-order chi connectivity index (χ0) is 13.4. The first-order valence-corrected chi connectivity index (χ1v) is 6.44. The van der Waals surface area contributed by atoms with Gasteiger partial charge in [0, 0.05) is 5.92 Å². The summed E-state index contributed by atoms with van der Waals surface area (Å²) in [7, 11) is 0. The summed E-state index contributed by atoms with van der Waals surface area (Å²) in [6.07, 6.45) is 0. The Hall–Kier alpha value is -2.23. The fourth-order valence-electron chi connectivity index (χ4n) is 2.04. The number of hydrogen-bond donors (Lipinski definition) is 0. The fourth-order valence-corrected chi connectivity index (χ4v) is 2.04. The van der Waals surface area contributed by atoms with E-state index in [4.69, 9.17) is 0 Å². The van der Waals surface area contributed by atoms with E-state index in [9.17, 15) is 0 Å². The lowest BCUT2D eigenvalue weighted by Gasteiger charge is -2.03. The third kappa shape index (κ3) is 2.21. The minimum Gasteiger partial charge on any atom is -0.131 e. The number of benzene rings is 2. The minimum atomic E-state index is 0.288. The van der Waals surface area contributed by atoms with Gasteiger partial charge < -0.3 is 0 Å². The largest absolute Gasteiger partial charge is 0.177 e. The van der Waals surface area contributed by atoms with Gasteiger partial charge in [-0.05, 0) is 35.0 Å². The number of aryl methyl sites for hydroxylation is 1. The molecular formula is C15H16N4. The summed E-state index contributed by atoms with van der Waals surface area (Å²) in [5.41, 5.74) is 2.19. The number of aromatic nitrogens is 4. The predicted molar refractivity (Wildman–Crippen MR) is 75.5 cm³/mol. The molecule has 0 N–H and O–H groups in total. The maximum absolute atomic E-state index is 4.40. The SMILES string of the molecule is Cc1ccc2ccc(-n3nnc(C(C)C)n3)cc2c1. The molecule has 0 aliphatic heterocycles. The topological polar surface area (TPSA) is 43.6 Å². The number of tetrazole rings is 1. The van der Waals surface area contributed by atoms with Gasteiger partial charge in [-0.15, -0.1) is 15.0 Å². The summed E-state index contributed by atoms with van der Waals surface area (Å²) < 4.78 is 0. The van der Waals surface area contributed by atoms with Crippen LogP contribution in [0, 0.1) is 6.92 Å². The van der Waals surface area contributed by atoms with Gasteiger partial charge in [-0.2, -0.15) is 0 Å². The van der Waals surface area contributed by atoms with Crippen LogP contribution >= 0.6 is 0 Å². The molecule has 0 aliphatic carbocycles. The second-order valence-corrected chi connectivity index (χ2v) is 5.13. The minimum absolute atomic E-state index is 0.288. The van der Waals surface area contributed by atoms with Crippen molar-refractivity contribution in [3.8, 4) is 5.69 Å². The van der Waals surface area contributed by atoms with Crippen molar-refractivity contribution in [2.45, 2.75) is 26.7 Å². The standard InChI is InChI=1S/C15H16N4/c1-10(2)15-16-18-19(17-15)14-7-6-12-5-4-11(3)8-13(12)9-14/h4-10H,1-3H3. The van der Waals surface area contributed by atoms with Gasteiger partial charge in [0.1, 0.15) is 0 Å². The highest BCUT2D eigenvalue weighted by Crippen LogP contribution is 2.19. The smallest absolute Gasteiger partial charge is 0.131 e. The lowest BCUT2D eigenvalue weighted by Crippen LogP contribution is -1.99. The average molecular weight is 252 g/mol. The summed E-state index contributed by atoms with van der Waals surface area (Å²) in [6.45, 7) is 6.22. The molecule has 96 valence electrons. The molecule has 3 rings (SSSR count). The Kier molecular flexibility index (Phi) is 2.78. The predicted octanol–water partition coefficient (Wildman–Crippen LogP) is 3.25. The van der Waals surface area contributed by atoms with E-state index in [2.05, 4.69) is 66.5 Å². The normalized spacial score (nSPS) is 11.4. The highest BCUT2D eigenvalue weighted by atomic mass is 15.6. The summed E-state index contributed by atoms with van der Waals surface area (Å²) in [6, 6.07) is 12.6. The fraction of sp³-hybridized carbons (Fsp3) is 0.267. The third-order valence-corrected chi connectivity index (χ3v) is 3.16. The van der Waals surface area contributed by atoms with E-state index in [1.54, 1.807) is 4.80 Å². The molecule has 4 heteroatoms. The van der Waals surface area contributed by atoms with Crippen molar-refractivity contribution in [1.82, 2.24) is 20.2 Å². The van der Waals surface area contributed by atoms with Crippen LogP contribution in [-0.4, -0.2) is 20.2 Å². The van der Waals surface area contributed by atoms with E-state index in [1.165, 1.54) is 16.3 Å². The van der Waals surface area contributed by atoms with E-state index < -0.39 is 0 Å². The second-order valence-electron chi connectivity index (χ2n) is 5.13. The first-order chi connectivity index (χ1) is 9.13. The van der Waals surface area contributed by atoms with E-state index in [-0.39, 0.29) is 5.92 Å². The molecule has 19 heavy (non-hydrogen) atoms. The molecule has 4 nitrogen and oxygen atoms in total. The Bertz CT molecular complexity index is 728. The maximum atomic E-state index is 4.40. The lowest BCUT2D eigenvalue weighted by atomic mass is 10.1. The molecule has 0 amide bonds. The van der Waals surface area contributed by atoms with Gasteiger partial charge in [0.15, 0.2) is 5.82 Å². The molecule has 0 fully saturated rings. The third-order valence-electron chi connectivity index (χ3n) is 3.16. The number of fused-ring (bicyclic) bond motifs is 1. The van der Waals surface area contributed by atoms with Crippen LogP contribution in [0.3, 0.4) is 0 Å². The Morgan fingerprint density at radius 1 is 1.00 bits per heavy atom. The van der Waals surface area contributed by atoms with Crippen molar-refractivity contribution in [2.75, 3.05) is 0 Å². The second kappa shape index (κ2) is 4.46. The zero-order valence-corrected chi connectivity index (χ0v) is 11.3. The van der Waals surface area contributed by atoms with Crippen LogP contribution in [0.5, 0.6) is 0 Å². The van der Waals surface area contributed by atoms with Gasteiger partial charge in [-0.3, -0.25) is 0 Å². The molecule has 0 spiro atoms. The van der Waals surface area contributed by atoms with Crippen LogP contribution in [0.2, 0.25) is 0 Å². The van der Waals surface area contributed by atoms with Crippen molar-refractivity contribution in [3.63, 3.8) is 0 Å². The quantitative estimate of drug-likeness (QED) is 0.703. The van der Waals surface area contributed by atoms with Crippen molar-refractivity contribution < 1.29 is 0 Å². The molecule has 2 aromatic carbocycles. The van der Waals surface area contributed by atoms with Crippen LogP contribution in [0.4, 0.5) is 0 Å². The van der Waals surface area contributed by atoms with Gasteiger partial charge in [-0.25, -0.2) is 0 Å². The first-order valence-electron chi connectivity index (χ1n) is 6.44. The molecule has 1 aromatic heterocycles. The van der Waals surface area contributed by atoms with Gasteiger partial charge >= 0.3 is 0 Å². The molecule has 1 heterocycles. The summed E-state index contributed by atoms with van der Waals surface area (Å²) in [5, 5.41) is 15.0. The molecule has 0 atom stereocenters. The van der Waals surface area contributed by atoms with Gasteiger partial charge in [0.05, 0.1) is 5.69 Å². The monoisotopic (exact) mass is 252 g/mol. The highest BCUT2D eigenvalue weighted by molar-refractivity contribution is 5.84. The van der Waals surface area contributed by atoms with E-state index in [1.807, 2.05) is 6.07 Å². The van der Waals surface area contributed by atoms with Crippen LogP contribution in [0.1, 0.15) is 31.2 Å². The maximum Gasteiger partial charge on any atom is 0.177 e. The van der Waals surface area contributed by atoms with Crippen molar-refractivity contribution >= 4 is 10.8 Å². The van der Waals surface area contributed by atoms with Gasteiger partial charge in [0.25, 0.3) is 0 Å². The van der Waals surface area contributed by atoms with E-state index in [0.29, 0.717) is 0 Å². The van der Waals surface area contributed by atoms with E-state index >= 15 is 0 Å².